The highest BCUT2D eigenvalue weighted by molar-refractivity contribution is 5.86. The zero-order valence-corrected chi connectivity index (χ0v) is 21.2. The molecule has 1 unspecified atom stereocenters. The van der Waals surface area contributed by atoms with Gasteiger partial charge in [-0.2, -0.15) is 0 Å². The minimum atomic E-state index is -1.25. The summed E-state index contributed by atoms with van der Waals surface area (Å²) in [7, 11) is 1.20. The predicted molar refractivity (Wildman–Crippen MR) is 126 cm³/mol. The minimum absolute atomic E-state index is 0.156. The number of hydrogen-bond donors (Lipinski definition) is 0. The monoisotopic (exact) mass is 515 g/mol. The predicted octanol–water partition coefficient (Wildman–Crippen LogP) is 2.00. The molecule has 37 heavy (non-hydrogen) atoms. The van der Waals surface area contributed by atoms with Crippen LogP contribution in [0.5, 0.6) is 0 Å². The molecule has 0 saturated carbocycles. The first-order valence-electron chi connectivity index (χ1n) is 11.5. The lowest BCUT2D eigenvalue weighted by Crippen LogP contribution is -2.52. The summed E-state index contributed by atoms with van der Waals surface area (Å²) in [6.07, 6.45) is -0.383. The van der Waals surface area contributed by atoms with Gasteiger partial charge in [-0.15, -0.1) is 5.10 Å². The quantitative estimate of drug-likeness (QED) is 0.357. The van der Waals surface area contributed by atoms with Gasteiger partial charge in [0.1, 0.15) is 12.7 Å². The molecule has 0 fully saturated rings. The van der Waals surface area contributed by atoms with Crippen LogP contribution in [-0.2, 0) is 42.9 Å². The van der Waals surface area contributed by atoms with Crippen molar-refractivity contribution in [1.82, 2.24) is 15.0 Å². The Balaban J connectivity index is 2.08. The van der Waals surface area contributed by atoms with Crippen molar-refractivity contribution < 1.29 is 42.9 Å². The van der Waals surface area contributed by atoms with Crippen LogP contribution in [0.4, 0.5) is 0 Å². The lowest BCUT2D eigenvalue weighted by atomic mass is 9.87. The number of carbonyl (C=O) groups excluding carboxylic acids is 4. The van der Waals surface area contributed by atoms with Gasteiger partial charge in [-0.1, -0.05) is 42.5 Å². The molecule has 3 rings (SSSR count). The van der Waals surface area contributed by atoms with Gasteiger partial charge in [-0.3, -0.25) is 14.4 Å². The molecule has 0 aliphatic carbocycles. The van der Waals surface area contributed by atoms with Gasteiger partial charge in [0.15, 0.2) is 12.2 Å². The fourth-order valence-electron chi connectivity index (χ4n) is 4.10. The maximum absolute atomic E-state index is 12.6. The minimum Gasteiger partial charge on any atom is -0.479 e. The van der Waals surface area contributed by atoms with E-state index >= 15 is 0 Å². The average molecular weight is 516 g/mol. The third kappa shape index (κ3) is 6.72. The number of carbonyl (C=O) groups is 4. The largest absolute Gasteiger partial charge is 0.479 e. The van der Waals surface area contributed by atoms with Crippen LogP contribution in [0.1, 0.15) is 33.7 Å². The molecule has 1 aromatic heterocycles. The van der Waals surface area contributed by atoms with Gasteiger partial charge in [0.05, 0.1) is 25.0 Å². The molecule has 198 valence electrons. The Morgan fingerprint density at radius 3 is 2.30 bits per heavy atom. The van der Waals surface area contributed by atoms with Crippen molar-refractivity contribution >= 4 is 23.9 Å². The van der Waals surface area contributed by atoms with Gasteiger partial charge < -0.3 is 23.7 Å². The molecule has 2 heterocycles. The van der Waals surface area contributed by atoms with Crippen molar-refractivity contribution in [3.8, 4) is 11.3 Å². The van der Waals surface area contributed by atoms with E-state index < -0.39 is 60.8 Å². The number of ether oxygens (including phenoxy) is 5. The first kappa shape index (κ1) is 27.4. The number of hydrogen-bond acceptors (Lipinski definition) is 11. The summed E-state index contributed by atoms with van der Waals surface area (Å²) in [6.45, 7) is 4.93. The summed E-state index contributed by atoms with van der Waals surface area (Å²) < 4.78 is 28.4. The van der Waals surface area contributed by atoms with E-state index in [0.717, 1.165) is 5.56 Å². The first-order chi connectivity index (χ1) is 17.6. The van der Waals surface area contributed by atoms with Gasteiger partial charge in [0.25, 0.3) is 0 Å². The highest BCUT2D eigenvalue weighted by Crippen LogP contribution is 2.37. The van der Waals surface area contributed by atoms with Crippen molar-refractivity contribution in [3.63, 3.8) is 0 Å². The molecule has 0 bridgehead atoms. The highest BCUT2D eigenvalue weighted by atomic mass is 16.6. The summed E-state index contributed by atoms with van der Waals surface area (Å²) >= 11 is 0. The number of nitrogens with zero attached hydrogens (tertiary/aromatic N) is 3. The Kier molecular flexibility index (Phi) is 8.99. The van der Waals surface area contributed by atoms with E-state index in [1.54, 1.807) is 23.9 Å². The molecule has 12 nitrogen and oxygen atoms in total. The van der Waals surface area contributed by atoms with Gasteiger partial charge in [-0.05, 0) is 6.08 Å². The third-order valence-corrected chi connectivity index (χ3v) is 5.72. The van der Waals surface area contributed by atoms with Gasteiger partial charge >= 0.3 is 23.9 Å². The van der Waals surface area contributed by atoms with Crippen molar-refractivity contribution in [3.05, 3.63) is 48.4 Å². The fourth-order valence-corrected chi connectivity index (χ4v) is 4.10. The summed E-state index contributed by atoms with van der Waals surface area (Å²) in [5.74, 6) is -3.46. The van der Waals surface area contributed by atoms with Crippen LogP contribution in [0.3, 0.4) is 0 Å². The molecule has 5 atom stereocenters. The maximum atomic E-state index is 12.6. The van der Waals surface area contributed by atoms with E-state index in [1.165, 1.54) is 27.9 Å². The number of esters is 4. The van der Waals surface area contributed by atoms with E-state index in [9.17, 15) is 19.2 Å². The first-order valence-corrected chi connectivity index (χ1v) is 11.5. The number of aromatic nitrogens is 3. The van der Waals surface area contributed by atoms with Crippen molar-refractivity contribution in [2.75, 3.05) is 13.7 Å². The van der Waals surface area contributed by atoms with Crippen molar-refractivity contribution in [1.29, 1.82) is 0 Å². The van der Waals surface area contributed by atoms with Crippen molar-refractivity contribution in [2.45, 2.75) is 52.0 Å². The molecule has 2 aromatic rings. The number of methoxy groups -OCH3 is 1. The zero-order valence-electron chi connectivity index (χ0n) is 21.2. The Morgan fingerprint density at radius 2 is 1.70 bits per heavy atom. The second-order valence-corrected chi connectivity index (χ2v) is 8.41. The zero-order chi connectivity index (χ0) is 27.1. The molecule has 1 aliphatic heterocycles. The van der Waals surface area contributed by atoms with E-state index in [2.05, 4.69) is 10.3 Å². The van der Waals surface area contributed by atoms with Crippen LogP contribution in [0.2, 0.25) is 0 Å². The summed E-state index contributed by atoms with van der Waals surface area (Å²) in [5, 5.41) is 8.30. The number of allylic oxidation sites excluding steroid dienone is 1. The molecule has 0 spiro atoms. The Bertz CT molecular complexity index is 1160. The highest BCUT2D eigenvalue weighted by Gasteiger charge is 2.46. The molecule has 0 saturated heterocycles. The molecular weight excluding hydrogens is 486 g/mol. The second-order valence-electron chi connectivity index (χ2n) is 8.41. The Morgan fingerprint density at radius 1 is 1.03 bits per heavy atom. The normalized spacial score (nSPS) is 20.5. The Hall–Kier alpha value is -4.22. The molecule has 1 aliphatic rings. The number of rotatable bonds is 9. The summed E-state index contributed by atoms with van der Waals surface area (Å²) in [5.41, 5.74) is 1.50. The van der Waals surface area contributed by atoms with Crippen LogP contribution in [0.25, 0.3) is 11.3 Å². The molecule has 0 amide bonds. The van der Waals surface area contributed by atoms with Crippen LogP contribution in [0.15, 0.2) is 48.4 Å². The maximum Gasteiger partial charge on any atom is 0.373 e. The fraction of sp³-hybridized carbons (Fsp3) is 0.440. The smallest absolute Gasteiger partial charge is 0.373 e. The molecule has 1 aromatic carbocycles. The molecular formula is C25H29N3O9. The van der Waals surface area contributed by atoms with Crippen LogP contribution in [-0.4, -0.2) is 70.9 Å². The van der Waals surface area contributed by atoms with Crippen molar-refractivity contribution in [2.24, 2.45) is 5.92 Å². The lowest BCUT2D eigenvalue weighted by molar-refractivity contribution is -0.190. The van der Waals surface area contributed by atoms with E-state index in [0.29, 0.717) is 5.69 Å². The SMILES string of the molecule is COC(=O)C1=C[C@H](n2nncc2-c2ccccc2)[C@@H](C)[C@H]([C@H](OC(C)=O)C(COC(C)=O)OC(C)=O)O1. The topological polar surface area (TPSA) is 145 Å². The molecule has 0 radical (unpaired) electrons. The standard InChI is InChI=1S/C25H29N3O9/c1-14-19(28-20(12-26-27-28)18-9-7-6-8-10-18)11-21(25(32)33-5)37-23(14)24(36-17(4)31)22(35-16(3)30)13-34-15(2)29/h6-12,14,19,22-24H,13H2,1-5H3/t14-,19+,22?,23-,24-/m1/s1. The van der Waals surface area contributed by atoms with Crippen LogP contribution in [0, 0.1) is 5.92 Å². The molecule has 0 N–H and O–H groups in total. The van der Waals surface area contributed by atoms with E-state index in [4.69, 9.17) is 23.7 Å². The lowest BCUT2D eigenvalue weighted by Gasteiger charge is -2.40. The van der Waals surface area contributed by atoms with Crippen LogP contribution >= 0.6 is 0 Å². The van der Waals surface area contributed by atoms with Crippen LogP contribution < -0.4 is 0 Å². The third-order valence-electron chi connectivity index (χ3n) is 5.72. The average Bonchev–Trinajstić information content (AvgIpc) is 3.35. The van der Waals surface area contributed by atoms with Gasteiger partial charge in [0.2, 0.25) is 5.76 Å². The van der Waals surface area contributed by atoms with E-state index in [1.807, 2.05) is 30.3 Å². The van der Waals surface area contributed by atoms with Gasteiger partial charge in [0, 0.05) is 32.3 Å². The Labute approximate surface area is 213 Å². The van der Waals surface area contributed by atoms with E-state index in [-0.39, 0.29) is 5.76 Å². The molecule has 12 heteroatoms. The number of benzene rings is 1. The summed E-state index contributed by atoms with van der Waals surface area (Å²) in [6, 6.07) is 8.78. The second kappa shape index (κ2) is 12.2. The summed E-state index contributed by atoms with van der Waals surface area (Å²) in [4.78, 5) is 48.0. The van der Waals surface area contributed by atoms with Gasteiger partial charge in [-0.25, -0.2) is 9.48 Å².